The van der Waals surface area contributed by atoms with Crippen molar-refractivity contribution < 1.29 is 0 Å². The van der Waals surface area contributed by atoms with Crippen LogP contribution in [0.25, 0.3) is 10.2 Å². The topological polar surface area (TPSA) is 25.8 Å². The van der Waals surface area contributed by atoms with Gasteiger partial charge in [0, 0.05) is 4.47 Å². The van der Waals surface area contributed by atoms with Crippen molar-refractivity contribution in [2.45, 2.75) is 0 Å². The van der Waals surface area contributed by atoms with Crippen LogP contribution >= 0.6 is 27.5 Å². The molecular weight excluding hydrogens is 212 g/mol. The molecule has 50 valence electrons. The molecule has 0 saturated heterocycles. The van der Waals surface area contributed by atoms with Gasteiger partial charge in [0.25, 0.3) is 0 Å². The second-order valence-corrected chi connectivity index (χ2v) is 3.47. The summed E-state index contributed by atoms with van der Waals surface area (Å²) in [6, 6.07) is 5.89. The molecule has 0 atom stereocenters. The van der Waals surface area contributed by atoms with Gasteiger partial charge in [0.15, 0.2) is 0 Å². The lowest BCUT2D eigenvalue weighted by atomic mass is 10.3. The van der Waals surface area contributed by atoms with Crippen LogP contribution in [-0.2, 0) is 0 Å². The number of nitrogens with zero attached hydrogens (tertiary/aromatic N) is 2. The SMILES string of the molecule is Brc1cccc2nnsc12. The maximum absolute atomic E-state index is 3.92. The molecule has 4 heteroatoms. The van der Waals surface area contributed by atoms with Gasteiger partial charge in [-0.2, -0.15) is 0 Å². The average molecular weight is 215 g/mol. The summed E-state index contributed by atoms with van der Waals surface area (Å²) in [7, 11) is 0. The van der Waals surface area contributed by atoms with E-state index in [-0.39, 0.29) is 0 Å². The molecule has 0 unspecified atom stereocenters. The van der Waals surface area contributed by atoms with Crippen molar-refractivity contribution in [3.63, 3.8) is 0 Å². The minimum absolute atomic E-state index is 0.958. The predicted octanol–water partition coefficient (Wildman–Crippen LogP) is 2.45. The van der Waals surface area contributed by atoms with Gasteiger partial charge in [0.05, 0.1) is 4.70 Å². The number of aromatic nitrogens is 2. The van der Waals surface area contributed by atoms with Gasteiger partial charge in [-0.15, -0.1) is 5.10 Å². The third-order valence-electron chi connectivity index (χ3n) is 1.23. The number of hydrogen-bond donors (Lipinski definition) is 0. The van der Waals surface area contributed by atoms with E-state index in [4.69, 9.17) is 0 Å². The Balaban J connectivity index is 2.95. The van der Waals surface area contributed by atoms with Gasteiger partial charge in [-0.25, -0.2) is 0 Å². The highest BCUT2D eigenvalue weighted by Gasteiger charge is 1.99. The van der Waals surface area contributed by atoms with Gasteiger partial charge >= 0.3 is 0 Å². The molecule has 1 aromatic carbocycles. The number of halogens is 1. The first-order valence-electron chi connectivity index (χ1n) is 2.74. The Kier molecular flexibility index (Phi) is 1.43. The zero-order valence-corrected chi connectivity index (χ0v) is 7.32. The van der Waals surface area contributed by atoms with E-state index in [1.165, 1.54) is 11.5 Å². The average Bonchev–Trinajstić information content (AvgIpc) is 2.36. The maximum Gasteiger partial charge on any atom is 0.107 e. The summed E-state index contributed by atoms with van der Waals surface area (Å²) >= 11 is 4.81. The van der Waals surface area contributed by atoms with Crippen LogP contribution in [-0.4, -0.2) is 9.59 Å². The molecule has 0 bridgehead atoms. The highest BCUT2D eigenvalue weighted by atomic mass is 79.9. The van der Waals surface area contributed by atoms with E-state index in [1.54, 1.807) is 0 Å². The van der Waals surface area contributed by atoms with E-state index in [1.807, 2.05) is 18.2 Å². The van der Waals surface area contributed by atoms with Crippen molar-refractivity contribution in [1.82, 2.24) is 9.59 Å². The number of benzene rings is 1. The van der Waals surface area contributed by atoms with Crippen molar-refractivity contribution in [3.8, 4) is 0 Å². The highest BCUT2D eigenvalue weighted by molar-refractivity contribution is 9.10. The van der Waals surface area contributed by atoms with Crippen molar-refractivity contribution >= 4 is 37.7 Å². The van der Waals surface area contributed by atoms with Crippen molar-refractivity contribution in [3.05, 3.63) is 22.7 Å². The summed E-state index contributed by atoms with van der Waals surface area (Å²) in [6.07, 6.45) is 0. The second-order valence-electron chi connectivity index (χ2n) is 1.86. The standard InChI is InChI=1S/C6H3BrN2S/c7-4-2-1-3-5-6(4)10-9-8-5/h1-3H. The summed E-state index contributed by atoms with van der Waals surface area (Å²) < 4.78 is 6.01. The third-order valence-corrected chi connectivity index (χ3v) is 2.93. The van der Waals surface area contributed by atoms with E-state index < -0.39 is 0 Å². The lowest BCUT2D eigenvalue weighted by Gasteiger charge is -1.86. The molecule has 0 aliphatic carbocycles. The lowest BCUT2D eigenvalue weighted by Crippen LogP contribution is -1.66. The maximum atomic E-state index is 3.92. The summed E-state index contributed by atoms with van der Waals surface area (Å²) in [6.45, 7) is 0. The fraction of sp³-hybridized carbons (Fsp3) is 0. The summed E-state index contributed by atoms with van der Waals surface area (Å²) in [5, 5.41) is 3.92. The molecule has 0 aliphatic rings. The van der Waals surface area contributed by atoms with E-state index >= 15 is 0 Å². The zero-order chi connectivity index (χ0) is 6.97. The van der Waals surface area contributed by atoms with Crippen LogP contribution in [0.15, 0.2) is 22.7 Å². The largest absolute Gasteiger partial charge is 0.138 e. The molecule has 10 heavy (non-hydrogen) atoms. The van der Waals surface area contributed by atoms with Gasteiger partial charge in [0.2, 0.25) is 0 Å². The summed E-state index contributed by atoms with van der Waals surface area (Å²) in [5.41, 5.74) is 0.958. The Morgan fingerprint density at radius 3 is 3.10 bits per heavy atom. The van der Waals surface area contributed by atoms with Gasteiger partial charge < -0.3 is 0 Å². The first-order valence-corrected chi connectivity index (χ1v) is 4.31. The van der Waals surface area contributed by atoms with Crippen LogP contribution in [0.4, 0.5) is 0 Å². The second kappa shape index (κ2) is 2.29. The highest BCUT2D eigenvalue weighted by Crippen LogP contribution is 2.24. The van der Waals surface area contributed by atoms with Crippen molar-refractivity contribution in [2.24, 2.45) is 0 Å². The van der Waals surface area contributed by atoms with E-state index in [0.29, 0.717) is 0 Å². The van der Waals surface area contributed by atoms with Crippen LogP contribution < -0.4 is 0 Å². The Morgan fingerprint density at radius 1 is 1.40 bits per heavy atom. The molecule has 1 heterocycles. The van der Waals surface area contributed by atoms with Crippen LogP contribution in [0.2, 0.25) is 0 Å². The lowest BCUT2D eigenvalue weighted by molar-refractivity contribution is 1.20. The molecule has 2 nitrogen and oxygen atoms in total. The zero-order valence-electron chi connectivity index (χ0n) is 4.91. The molecule has 0 radical (unpaired) electrons. The predicted molar refractivity (Wildman–Crippen MR) is 45.1 cm³/mol. The molecule has 0 fully saturated rings. The number of fused-ring (bicyclic) bond motifs is 1. The van der Waals surface area contributed by atoms with Crippen molar-refractivity contribution in [2.75, 3.05) is 0 Å². The fourth-order valence-corrected chi connectivity index (χ4v) is 1.91. The Bertz CT molecular complexity index is 357. The smallest absolute Gasteiger partial charge is 0.107 e. The van der Waals surface area contributed by atoms with Crippen LogP contribution in [0.5, 0.6) is 0 Å². The minimum atomic E-state index is 0.958. The summed E-state index contributed by atoms with van der Waals surface area (Å²) in [4.78, 5) is 0. The first kappa shape index (κ1) is 6.24. The molecule has 1 aromatic heterocycles. The number of rotatable bonds is 0. The Morgan fingerprint density at radius 2 is 2.30 bits per heavy atom. The Hall–Kier alpha value is -0.480. The molecule has 2 rings (SSSR count). The molecule has 0 saturated carbocycles. The van der Waals surface area contributed by atoms with Crippen LogP contribution in [0.3, 0.4) is 0 Å². The van der Waals surface area contributed by atoms with E-state index in [0.717, 1.165) is 14.7 Å². The Labute approximate surface area is 70.2 Å². The van der Waals surface area contributed by atoms with Gasteiger partial charge in [-0.05, 0) is 39.6 Å². The molecular formula is C6H3BrN2S. The van der Waals surface area contributed by atoms with Crippen molar-refractivity contribution in [1.29, 1.82) is 0 Å². The molecule has 0 aliphatic heterocycles. The van der Waals surface area contributed by atoms with E-state index in [2.05, 4.69) is 25.5 Å². The molecule has 2 aromatic rings. The summed E-state index contributed by atoms with van der Waals surface area (Å²) in [5.74, 6) is 0. The molecule has 0 amide bonds. The minimum Gasteiger partial charge on any atom is -0.138 e. The van der Waals surface area contributed by atoms with E-state index in [9.17, 15) is 0 Å². The van der Waals surface area contributed by atoms with Gasteiger partial charge in [0.1, 0.15) is 5.52 Å². The molecule has 0 spiro atoms. The molecule has 0 N–H and O–H groups in total. The fourth-order valence-electron chi connectivity index (χ4n) is 0.772. The monoisotopic (exact) mass is 214 g/mol. The number of hydrogen-bond acceptors (Lipinski definition) is 3. The normalized spacial score (nSPS) is 10.5. The van der Waals surface area contributed by atoms with Crippen LogP contribution in [0, 0.1) is 0 Å². The van der Waals surface area contributed by atoms with Gasteiger partial charge in [-0.3, -0.25) is 0 Å². The third kappa shape index (κ3) is 0.839. The quantitative estimate of drug-likeness (QED) is 0.674. The van der Waals surface area contributed by atoms with Gasteiger partial charge in [-0.1, -0.05) is 10.6 Å². The first-order chi connectivity index (χ1) is 4.88. The van der Waals surface area contributed by atoms with Crippen LogP contribution in [0.1, 0.15) is 0 Å².